The Balaban J connectivity index is 2.15. The molecule has 2 N–H and O–H groups in total. The molecule has 0 amide bonds. The number of Topliss-reactive ketones (excluding diaryl/α,β-unsaturated/α-hetero) is 1. The SMILES string of the molecule is C=CCNc1nncc(Nc2cccc(C(C)=O)c2)n1. The predicted octanol–water partition coefficient (Wildman–Crippen LogP) is 2.42. The lowest BCUT2D eigenvalue weighted by Crippen LogP contribution is -2.06. The molecule has 0 saturated heterocycles. The van der Waals surface area contributed by atoms with Gasteiger partial charge in [-0.3, -0.25) is 4.79 Å². The van der Waals surface area contributed by atoms with E-state index in [1.807, 2.05) is 12.1 Å². The van der Waals surface area contributed by atoms with E-state index in [1.165, 1.54) is 13.1 Å². The lowest BCUT2D eigenvalue weighted by Gasteiger charge is -2.07. The summed E-state index contributed by atoms with van der Waals surface area (Å²) in [7, 11) is 0. The number of aromatic nitrogens is 3. The summed E-state index contributed by atoms with van der Waals surface area (Å²) < 4.78 is 0. The zero-order valence-corrected chi connectivity index (χ0v) is 11.1. The topological polar surface area (TPSA) is 79.8 Å². The standard InChI is InChI=1S/C14H15N5O/c1-3-7-15-14-18-13(9-16-19-14)17-12-6-4-5-11(8-12)10(2)20/h3-6,8-9H,1,7H2,2H3,(H2,15,17,18,19). The minimum Gasteiger partial charge on any atom is -0.349 e. The fourth-order valence-corrected chi connectivity index (χ4v) is 1.57. The first-order valence-corrected chi connectivity index (χ1v) is 6.11. The number of nitrogens with zero attached hydrogens (tertiary/aromatic N) is 3. The van der Waals surface area contributed by atoms with Crippen LogP contribution in [0.3, 0.4) is 0 Å². The Hall–Kier alpha value is -2.76. The van der Waals surface area contributed by atoms with Crippen LogP contribution in [0.5, 0.6) is 0 Å². The Morgan fingerprint density at radius 1 is 1.45 bits per heavy atom. The Morgan fingerprint density at radius 3 is 3.05 bits per heavy atom. The Bertz CT molecular complexity index is 626. The highest BCUT2D eigenvalue weighted by molar-refractivity contribution is 5.95. The number of hydrogen-bond acceptors (Lipinski definition) is 6. The summed E-state index contributed by atoms with van der Waals surface area (Å²) in [6, 6.07) is 7.19. The van der Waals surface area contributed by atoms with Gasteiger partial charge < -0.3 is 10.6 Å². The number of carbonyl (C=O) groups is 1. The molecule has 1 heterocycles. The second-order valence-electron chi connectivity index (χ2n) is 4.10. The monoisotopic (exact) mass is 269 g/mol. The van der Waals surface area contributed by atoms with Crippen molar-refractivity contribution in [1.82, 2.24) is 15.2 Å². The van der Waals surface area contributed by atoms with Crippen LogP contribution in [0.15, 0.2) is 43.1 Å². The van der Waals surface area contributed by atoms with Crippen molar-refractivity contribution in [1.29, 1.82) is 0 Å². The van der Waals surface area contributed by atoms with Crippen molar-refractivity contribution in [2.75, 3.05) is 17.2 Å². The smallest absolute Gasteiger partial charge is 0.244 e. The van der Waals surface area contributed by atoms with Gasteiger partial charge >= 0.3 is 0 Å². The first-order valence-electron chi connectivity index (χ1n) is 6.11. The zero-order valence-electron chi connectivity index (χ0n) is 11.1. The first kappa shape index (κ1) is 13.7. The molecule has 1 aromatic heterocycles. The van der Waals surface area contributed by atoms with Gasteiger partial charge in [-0.1, -0.05) is 18.2 Å². The third-order valence-corrected chi connectivity index (χ3v) is 2.50. The molecule has 0 saturated carbocycles. The zero-order chi connectivity index (χ0) is 14.4. The Morgan fingerprint density at radius 2 is 2.30 bits per heavy atom. The first-order chi connectivity index (χ1) is 9.69. The molecule has 102 valence electrons. The number of anilines is 3. The molecule has 2 aromatic rings. The fraction of sp³-hybridized carbons (Fsp3) is 0.143. The average Bonchev–Trinajstić information content (AvgIpc) is 2.46. The van der Waals surface area contributed by atoms with Gasteiger partial charge in [-0.05, 0) is 19.1 Å². The van der Waals surface area contributed by atoms with Gasteiger partial charge in [0.15, 0.2) is 11.6 Å². The van der Waals surface area contributed by atoms with Gasteiger partial charge in [0.1, 0.15) is 0 Å². The number of ketones is 1. The van der Waals surface area contributed by atoms with Crippen molar-refractivity contribution in [3.63, 3.8) is 0 Å². The van der Waals surface area contributed by atoms with Crippen LogP contribution in [-0.2, 0) is 0 Å². The molecule has 0 atom stereocenters. The molecule has 0 spiro atoms. The van der Waals surface area contributed by atoms with E-state index in [9.17, 15) is 4.79 Å². The summed E-state index contributed by atoms with van der Waals surface area (Å²) in [6.45, 7) is 5.70. The number of rotatable bonds is 6. The summed E-state index contributed by atoms with van der Waals surface area (Å²) >= 11 is 0. The van der Waals surface area contributed by atoms with E-state index in [1.54, 1.807) is 18.2 Å². The second-order valence-corrected chi connectivity index (χ2v) is 4.10. The van der Waals surface area contributed by atoms with Gasteiger partial charge in [0, 0.05) is 17.8 Å². The van der Waals surface area contributed by atoms with E-state index in [4.69, 9.17) is 0 Å². The quantitative estimate of drug-likeness (QED) is 0.619. The van der Waals surface area contributed by atoms with E-state index in [0.717, 1.165) is 5.69 Å². The van der Waals surface area contributed by atoms with E-state index in [0.29, 0.717) is 23.9 Å². The van der Waals surface area contributed by atoms with Crippen molar-refractivity contribution in [2.45, 2.75) is 6.92 Å². The molecule has 0 aliphatic rings. The van der Waals surface area contributed by atoms with Crippen molar-refractivity contribution in [3.05, 3.63) is 48.7 Å². The van der Waals surface area contributed by atoms with Gasteiger partial charge in [-0.2, -0.15) is 10.1 Å². The molecule has 6 nitrogen and oxygen atoms in total. The number of carbonyl (C=O) groups excluding carboxylic acids is 1. The number of hydrogen-bond donors (Lipinski definition) is 2. The molecule has 0 fully saturated rings. The molecule has 0 unspecified atom stereocenters. The van der Waals surface area contributed by atoms with E-state index in [-0.39, 0.29) is 5.78 Å². The van der Waals surface area contributed by atoms with E-state index >= 15 is 0 Å². The minimum atomic E-state index is 0.0165. The molecular weight excluding hydrogens is 254 g/mol. The highest BCUT2D eigenvalue weighted by Gasteiger charge is 2.03. The molecule has 0 aliphatic heterocycles. The summed E-state index contributed by atoms with van der Waals surface area (Å²) in [5.74, 6) is 0.979. The highest BCUT2D eigenvalue weighted by Crippen LogP contribution is 2.16. The summed E-state index contributed by atoms with van der Waals surface area (Å²) in [5.41, 5.74) is 1.41. The van der Waals surface area contributed by atoms with Crippen LogP contribution >= 0.6 is 0 Å². The molecule has 6 heteroatoms. The summed E-state index contributed by atoms with van der Waals surface area (Å²) in [4.78, 5) is 15.6. The third-order valence-electron chi connectivity index (χ3n) is 2.50. The fourth-order valence-electron chi connectivity index (χ4n) is 1.57. The minimum absolute atomic E-state index is 0.0165. The van der Waals surface area contributed by atoms with Crippen molar-refractivity contribution in [3.8, 4) is 0 Å². The van der Waals surface area contributed by atoms with Crippen LogP contribution in [0.1, 0.15) is 17.3 Å². The molecule has 1 aromatic carbocycles. The highest BCUT2D eigenvalue weighted by atomic mass is 16.1. The maximum Gasteiger partial charge on any atom is 0.244 e. The number of nitrogens with one attached hydrogen (secondary N) is 2. The van der Waals surface area contributed by atoms with E-state index in [2.05, 4.69) is 32.4 Å². The van der Waals surface area contributed by atoms with Crippen molar-refractivity contribution < 1.29 is 4.79 Å². The van der Waals surface area contributed by atoms with Gasteiger partial charge in [0.2, 0.25) is 5.95 Å². The molecular formula is C14H15N5O. The van der Waals surface area contributed by atoms with E-state index < -0.39 is 0 Å². The molecule has 0 radical (unpaired) electrons. The lowest BCUT2D eigenvalue weighted by atomic mass is 10.1. The van der Waals surface area contributed by atoms with Crippen molar-refractivity contribution in [2.24, 2.45) is 0 Å². The maximum absolute atomic E-state index is 11.3. The molecule has 0 aliphatic carbocycles. The van der Waals surface area contributed by atoms with Crippen LogP contribution < -0.4 is 10.6 Å². The maximum atomic E-state index is 11.3. The van der Waals surface area contributed by atoms with Gasteiger partial charge in [0.25, 0.3) is 0 Å². The van der Waals surface area contributed by atoms with Crippen LogP contribution in [0, 0.1) is 0 Å². The second kappa shape index (κ2) is 6.42. The molecule has 20 heavy (non-hydrogen) atoms. The van der Waals surface area contributed by atoms with Gasteiger partial charge in [0.05, 0.1) is 6.20 Å². The average molecular weight is 269 g/mol. The Labute approximate surface area is 117 Å². The molecule has 2 rings (SSSR count). The summed E-state index contributed by atoms with van der Waals surface area (Å²) in [5, 5.41) is 13.7. The predicted molar refractivity (Wildman–Crippen MR) is 78.2 cm³/mol. The summed E-state index contributed by atoms with van der Waals surface area (Å²) in [6.07, 6.45) is 3.22. The van der Waals surface area contributed by atoms with Crippen molar-refractivity contribution >= 4 is 23.2 Å². The van der Waals surface area contributed by atoms with Gasteiger partial charge in [-0.25, -0.2) is 0 Å². The van der Waals surface area contributed by atoms with Crippen LogP contribution in [0.2, 0.25) is 0 Å². The number of benzene rings is 1. The van der Waals surface area contributed by atoms with Crippen LogP contribution in [-0.4, -0.2) is 27.5 Å². The van der Waals surface area contributed by atoms with Gasteiger partial charge in [-0.15, -0.1) is 11.7 Å². The normalized spacial score (nSPS) is 9.85. The Kier molecular flexibility index (Phi) is 4.39. The molecule has 0 bridgehead atoms. The van der Waals surface area contributed by atoms with Crippen LogP contribution in [0.25, 0.3) is 0 Å². The third kappa shape index (κ3) is 3.61. The largest absolute Gasteiger partial charge is 0.349 e. The van der Waals surface area contributed by atoms with Crippen LogP contribution in [0.4, 0.5) is 17.5 Å². The lowest BCUT2D eigenvalue weighted by molar-refractivity contribution is 0.101.